The van der Waals surface area contributed by atoms with Gasteiger partial charge in [0.15, 0.2) is 0 Å². The van der Waals surface area contributed by atoms with Gasteiger partial charge in [0.05, 0.1) is 6.54 Å². The first-order valence-corrected chi connectivity index (χ1v) is 8.83. The molecule has 2 aromatic rings. The maximum absolute atomic E-state index is 12.6. The van der Waals surface area contributed by atoms with Gasteiger partial charge in [-0.05, 0) is 18.6 Å². The standard InChI is InChI=1S/C19H26N4O2/c1-19(2,3)18-21-20-16(25-18)14-22-10-7-11-23(13-12-22)17(24)15-8-5-4-6-9-15/h4-6,8-9H,7,10-14H2,1-3H3. The zero-order valence-electron chi connectivity index (χ0n) is 15.2. The van der Waals surface area contributed by atoms with Gasteiger partial charge in [0.25, 0.3) is 5.91 Å². The molecule has 1 saturated heterocycles. The van der Waals surface area contributed by atoms with Gasteiger partial charge in [0, 0.05) is 37.2 Å². The lowest BCUT2D eigenvalue weighted by atomic mass is 9.97. The Morgan fingerprint density at radius 3 is 2.52 bits per heavy atom. The van der Waals surface area contributed by atoms with Crippen molar-refractivity contribution in [3.63, 3.8) is 0 Å². The molecule has 2 heterocycles. The molecule has 1 aromatic heterocycles. The van der Waals surface area contributed by atoms with Crippen LogP contribution in [-0.2, 0) is 12.0 Å². The lowest BCUT2D eigenvalue weighted by molar-refractivity contribution is 0.0760. The number of nitrogens with zero attached hydrogens (tertiary/aromatic N) is 4. The Morgan fingerprint density at radius 1 is 1.08 bits per heavy atom. The second-order valence-electron chi connectivity index (χ2n) is 7.54. The minimum atomic E-state index is -0.136. The molecule has 0 aliphatic carbocycles. The second-order valence-corrected chi connectivity index (χ2v) is 7.54. The highest BCUT2D eigenvalue weighted by molar-refractivity contribution is 5.94. The summed E-state index contributed by atoms with van der Waals surface area (Å²) in [5.41, 5.74) is 0.616. The van der Waals surface area contributed by atoms with Crippen molar-refractivity contribution in [2.75, 3.05) is 26.2 Å². The van der Waals surface area contributed by atoms with Crippen molar-refractivity contribution in [2.45, 2.75) is 39.2 Å². The summed E-state index contributed by atoms with van der Waals surface area (Å²) in [7, 11) is 0. The summed E-state index contributed by atoms with van der Waals surface area (Å²) in [6.07, 6.45) is 0.943. The van der Waals surface area contributed by atoms with E-state index in [0.29, 0.717) is 24.9 Å². The summed E-state index contributed by atoms with van der Waals surface area (Å²) in [5, 5.41) is 8.32. The van der Waals surface area contributed by atoms with Gasteiger partial charge in [-0.2, -0.15) is 0 Å². The van der Waals surface area contributed by atoms with Crippen molar-refractivity contribution < 1.29 is 9.21 Å². The van der Waals surface area contributed by atoms with Crippen LogP contribution in [0.4, 0.5) is 0 Å². The van der Waals surface area contributed by atoms with Crippen molar-refractivity contribution in [1.29, 1.82) is 0 Å². The molecule has 6 heteroatoms. The molecule has 0 N–H and O–H groups in total. The number of aromatic nitrogens is 2. The summed E-state index contributed by atoms with van der Waals surface area (Å²) in [6.45, 7) is 10.0. The number of benzene rings is 1. The first-order chi connectivity index (χ1) is 11.9. The van der Waals surface area contributed by atoms with E-state index in [2.05, 4.69) is 35.9 Å². The highest BCUT2D eigenvalue weighted by Gasteiger charge is 2.24. The maximum atomic E-state index is 12.6. The fraction of sp³-hybridized carbons (Fsp3) is 0.526. The predicted octanol–water partition coefficient (Wildman–Crippen LogP) is 2.72. The number of hydrogen-bond donors (Lipinski definition) is 0. The highest BCUT2D eigenvalue weighted by atomic mass is 16.4. The van der Waals surface area contributed by atoms with Gasteiger partial charge < -0.3 is 9.32 Å². The highest BCUT2D eigenvalue weighted by Crippen LogP contribution is 2.21. The molecule has 134 valence electrons. The van der Waals surface area contributed by atoms with Crippen LogP contribution in [0.2, 0.25) is 0 Å². The number of hydrogen-bond acceptors (Lipinski definition) is 5. The Hall–Kier alpha value is -2.21. The quantitative estimate of drug-likeness (QED) is 0.858. The summed E-state index contributed by atoms with van der Waals surface area (Å²) in [5.74, 6) is 1.42. The molecule has 1 aliphatic heterocycles. The third-order valence-corrected chi connectivity index (χ3v) is 4.36. The van der Waals surface area contributed by atoms with Gasteiger partial charge in [0.1, 0.15) is 0 Å². The van der Waals surface area contributed by atoms with Crippen LogP contribution in [0.1, 0.15) is 49.3 Å². The zero-order chi connectivity index (χ0) is 17.9. The Bertz CT molecular complexity index is 706. The Morgan fingerprint density at radius 2 is 1.84 bits per heavy atom. The molecule has 6 nitrogen and oxygen atoms in total. The third-order valence-electron chi connectivity index (χ3n) is 4.36. The van der Waals surface area contributed by atoms with E-state index < -0.39 is 0 Å². The van der Waals surface area contributed by atoms with Crippen molar-refractivity contribution >= 4 is 5.91 Å². The molecule has 1 amide bonds. The van der Waals surface area contributed by atoms with Crippen molar-refractivity contribution in [3.8, 4) is 0 Å². The number of carbonyl (C=O) groups is 1. The second kappa shape index (κ2) is 7.35. The molecular weight excluding hydrogens is 316 g/mol. The molecular formula is C19H26N4O2. The third kappa shape index (κ3) is 4.45. The van der Waals surface area contributed by atoms with Gasteiger partial charge in [-0.1, -0.05) is 39.0 Å². The molecule has 0 spiro atoms. The topological polar surface area (TPSA) is 62.5 Å². The number of carbonyl (C=O) groups excluding carboxylic acids is 1. The van der Waals surface area contributed by atoms with E-state index in [1.807, 2.05) is 35.2 Å². The van der Waals surface area contributed by atoms with Crippen LogP contribution in [0, 0.1) is 0 Å². The van der Waals surface area contributed by atoms with Crippen LogP contribution in [0.3, 0.4) is 0 Å². The van der Waals surface area contributed by atoms with E-state index in [0.717, 1.165) is 31.6 Å². The minimum Gasteiger partial charge on any atom is -0.423 e. The van der Waals surface area contributed by atoms with E-state index in [4.69, 9.17) is 4.42 Å². The van der Waals surface area contributed by atoms with E-state index in [-0.39, 0.29) is 11.3 Å². The van der Waals surface area contributed by atoms with Gasteiger partial charge in [-0.15, -0.1) is 10.2 Å². The smallest absolute Gasteiger partial charge is 0.253 e. The molecule has 0 radical (unpaired) electrons. The molecule has 0 saturated carbocycles. The Kier molecular flexibility index (Phi) is 5.18. The van der Waals surface area contributed by atoms with Crippen LogP contribution < -0.4 is 0 Å². The Labute approximate surface area is 148 Å². The molecule has 0 bridgehead atoms. The summed E-state index contributed by atoms with van der Waals surface area (Å²) >= 11 is 0. The molecule has 1 aliphatic rings. The average Bonchev–Trinajstić information content (AvgIpc) is 2.94. The van der Waals surface area contributed by atoms with Crippen molar-refractivity contribution in [3.05, 3.63) is 47.7 Å². The van der Waals surface area contributed by atoms with Gasteiger partial charge in [-0.3, -0.25) is 9.69 Å². The van der Waals surface area contributed by atoms with Gasteiger partial charge >= 0.3 is 0 Å². The lowest BCUT2D eigenvalue weighted by Gasteiger charge is -2.21. The van der Waals surface area contributed by atoms with E-state index in [1.54, 1.807) is 0 Å². The zero-order valence-corrected chi connectivity index (χ0v) is 15.2. The predicted molar refractivity (Wildman–Crippen MR) is 95.2 cm³/mol. The van der Waals surface area contributed by atoms with E-state index in [9.17, 15) is 4.79 Å². The molecule has 0 atom stereocenters. The van der Waals surface area contributed by atoms with Crippen LogP contribution in [-0.4, -0.2) is 52.1 Å². The maximum Gasteiger partial charge on any atom is 0.253 e. The van der Waals surface area contributed by atoms with E-state index in [1.165, 1.54) is 0 Å². The summed E-state index contributed by atoms with van der Waals surface area (Å²) < 4.78 is 5.79. The lowest BCUT2D eigenvalue weighted by Crippen LogP contribution is -2.35. The van der Waals surface area contributed by atoms with Crippen molar-refractivity contribution in [2.24, 2.45) is 0 Å². The Balaban J connectivity index is 1.58. The monoisotopic (exact) mass is 342 g/mol. The minimum absolute atomic E-state index is 0.107. The first-order valence-electron chi connectivity index (χ1n) is 8.83. The molecule has 25 heavy (non-hydrogen) atoms. The average molecular weight is 342 g/mol. The van der Waals surface area contributed by atoms with Gasteiger partial charge in [0.2, 0.25) is 11.8 Å². The molecule has 3 rings (SSSR count). The van der Waals surface area contributed by atoms with Crippen LogP contribution in [0.15, 0.2) is 34.7 Å². The van der Waals surface area contributed by atoms with Crippen LogP contribution in [0.5, 0.6) is 0 Å². The first kappa shape index (κ1) is 17.6. The summed E-state index contributed by atoms with van der Waals surface area (Å²) in [4.78, 5) is 16.8. The normalized spacial score (nSPS) is 16.7. The number of amides is 1. The fourth-order valence-electron chi connectivity index (χ4n) is 2.91. The van der Waals surface area contributed by atoms with Crippen LogP contribution in [0.25, 0.3) is 0 Å². The van der Waals surface area contributed by atoms with Crippen molar-refractivity contribution in [1.82, 2.24) is 20.0 Å². The SMILES string of the molecule is CC(C)(C)c1nnc(CN2CCCN(C(=O)c3ccccc3)CC2)o1. The fourth-order valence-corrected chi connectivity index (χ4v) is 2.91. The largest absolute Gasteiger partial charge is 0.423 e. The molecule has 0 unspecified atom stereocenters. The summed E-state index contributed by atoms with van der Waals surface area (Å²) in [6, 6.07) is 9.48. The van der Waals surface area contributed by atoms with Gasteiger partial charge in [-0.25, -0.2) is 0 Å². The number of rotatable bonds is 3. The molecule has 1 aromatic carbocycles. The van der Waals surface area contributed by atoms with Crippen LogP contribution >= 0.6 is 0 Å². The van der Waals surface area contributed by atoms with E-state index >= 15 is 0 Å². The molecule has 1 fully saturated rings.